The lowest BCUT2D eigenvalue weighted by atomic mass is 10.2. The molecule has 2 amide bonds. The Morgan fingerprint density at radius 1 is 1.42 bits per heavy atom. The van der Waals surface area contributed by atoms with Gasteiger partial charge in [-0.05, 0) is 25.7 Å². The van der Waals surface area contributed by atoms with Crippen LogP contribution in [0.25, 0.3) is 0 Å². The number of likely N-dealkylation sites (tertiary alicyclic amines) is 1. The average Bonchev–Trinajstić information content (AvgIpc) is 2.92. The zero-order valence-corrected chi connectivity index (χ0v) is 10.6. The summed E-state index contributed by atoms with van der Waals surface area (Å²) in [5.41, 5.74) is 6.27. The maximum Gasteiger partial charge on any atom is 0.274 e. The predicted molar refractivity (Wildman–Crippen MR) is 68.2 cm³/mol. The number of H-pyrrole nitrogens is 1. The van der Waals surface area contributed by atoms with E-state index in [1.54, 1.807) is 4.90 Å². The maximum atomic E-state index is 12.3. The molecule has 0 aromatic carbocycles. The van der Waals surface area contributed by atoms with Crippen molar-refractivity contribution in [1.29, 1.82) is 0 Å². The van der Waals surface area contributed by atoms with Crippen LogP contribution in [0, 0.1) is 0 Å². The summed E-state index contributed by atoms with van der Waals surface area (Å²) in [4.78, 5) is 26.0. The van der Waals surface area contributed by atoms with Crippen molar-refractivity contribution < 1.29 is 9.59 Å². The van der Waals surface area contributed by atoms with E-state index in [-0.39, 0.29) is 23.6 Å². The molecule has 7 heteroatoms. The number of hydrogen-bond acceptors (Lipinski definition) is 4. The van der Waals surface area contributed by atoms with Crippen molar-refractivity contribution in [3.05, 3.63) is 11.9 Å². The van der Waals surface area contributed by atoms with Crippen LogP contribution in [-0.2, 0) is 4.79 Å². The molecule has 1 aliphatic heterocycles. The largest absolute Gasteiger partial charge is 0.396 e. The number of carbonyl (C=O) groups excluding carboxylic acids is 2. The minimum atomic E-state index is -0.379. The molecule has 7 nitrogen and oxygen atoms in total. The van der Waals surface area contributed by atoms with E-state index in [1.165, 1.54) is 6.20 Å². The van der Waals surface area contributed by atoms with Crippen LogP contribution in [0.5, 0.6) is 0 Å². The minimum Gasteiger partial charge on any atom is -0.396 e. The highest BCUT2D eigenvalue weighted by atomic mass is 16.2. The second kappa shape index (κ2) is 4.56. The van der Waals surface area contributed by atoms with Gasteiger partial charge in [-0.25, -0.2) is 0 Å². The van der Waals surface area contributed by atoms with E-state index in [2.05, 4.69) is 15.5 Å². The molecular formula is C12H17N5O2. The lowest BCUT2D eigenvalue weighted by Crippen LogP contribution is -2.46. The van der Waals surface area contributed by atoms with Gasteiger partial charge in [-0.15, -0.1) is 0 Å². The van der Waals surface area contributed by atoms with E-state index >= 15 is 0 Å². The molecule has 4 N–H and O–H groups in total. The molecule has 1 saturated carbocycles. The SMILES string of the molecule is Nc1cn[nH]c1C(=O)N1CCCC1C(=O)NC1CC1. The number of aromatic amines is 1. The fourth-order valence-electron chi connectivity index (χ4n) is 2.42. The third-order valence-electron chi connectivity index (χ3n) is 3.62. The van der Waals surface area contributed by atoms with Crippen LogP contribution in [0.1, 0.15) is 36.2 Å². The summed E-state index contributed by atoms with van der Waals surface area (Å²) < 4.78 is 0. The quantitative estimate of drug-likeness (QED) is 0.706. The molecule has 3 rings (SSSR count). The number of nitrogens with two attached hydrogens (primary N) is 1. The number of carbonyl (C=O) groups is 2. The van der Waals surface area contributed by atoms with Gasteiger partial charge in [0.15, 0.2) is 0 Å². The van der Waals surface area contributed by atoms with E-state index in [1.807, 2.05) is 0 Å². The van der Waals surface area contributed by atoms with Gasteiger partial charge in [-0.1, -0.05) is 0 Å². The molecule has 0 bridgehead atoms. The summed E-state index contributed by atoms with van der Waals surface area (Å²) in [6, 6.07) is -0.0712. The first-order valence-corrected chi connectivity index (χ1v) is 6.57. The normalized spacial score (nSPS) is 22.5. The number of aromatic nitrogens is 2. The van der Waals surface area contributed by atoms with E-state index in [4.69, 9.17) is 5.73 Å². The Bertz CT molecular complexity index is 508. The molecule has 1 aromatic rings. The second-order valence-corrected chi connectivity index (χ2v) is 5.14. The minimum absolute atomic E-state index is 0.0496. The summed E-state index contributed by atoms with van der Waals surface area (Å²) >= 11 is 0. The lowest BCUT2D eigenvalue weighted by molar-refractivity contribution is -0.125. The van der Waals surface area contributed by atoms with Crippen LogP contribution in [-0.4, -0.2) is 45.5 Å². The van der Waals surface area contributed by atoms with Crippen molar-refractivity contribution in [2.75, 3.05) is 12.3 Å². The molecule has 1 saturated heterocycles. The van der Waals surface area contributed by atoms with Gasteiger partial charge < -0.3 is 16.0 Å². The van der Waals surface area contributed by atoms with Gasteiger partial charge in [-0.3, -0.25) is 14.7 Å². The van der Waals surface area contributed by atoms with E-state index < -0.39 is 0 Å². The van der Waals surface area contributed by atoms with Crippen LogP contribution in [0.4, 0.5) is 5.69 Å². The number of anilines is 1. The Morgan fingerprint density at radius 3 is 2.84 bits per heavy atom. The van der Waals surface area contributed by atoms with Crippen LogP contribution < -0.4 is 11.1 Å². The zero-order chi connectivity index (χ0) is 13.4. The smallest absolute Gasteiger partial charge is 0.274 e. The fraction of sp³-hybridized carbons (Fsp3) is 0.583. The maximum absolute atomic E-state index is 12.3. The van der Waals surface area contributed by atoms with Crippen molar-refractivity contribution in [1.82, 2.24) is 20.4 Å². The monoisotopic (exact) mass is 263 g/mol. The molecule has 0 radical (unpaired) electrons. The summed E-state index contributed by atoms with van der Waals surface area (Å²) in [6.07, 6.45) is 5.03. The Balaban J connectivity index is 1.73. The van der Waals surface area contributed by atoms with Crippen LogP contribution in [0.15, 0.2) is 6.20 Å². The molecule has 19 heavy (non-hydrogen) atoms. The summed E-state index contributed by atoms with van der Waals surface area (Å²) in [5, 5.41) is 9.29. The van der Waals surface area contributed by atoms with Crippen molar-refractivity contribution in [3.63, 3.8) is 0 Å². The van der Waals surface area contributed by atoms with Crippen LogP contribution in [0.3, 0.4) is 0 Å². The molecule has 1 atom stereocenters. The van der Waals surface area contributed by atoms with Crippen molar-refractivity contribution >= 4 is 17.5 Å². The van der Waals surface area contributed by atoms with Crippen LogP contribution in [0.2, 0.25) is 0 Å². The third-order valence-corrected chi connectivity index (χ3v) is 3.62. The number of amides is 2. The number of rotatable bonds is 3. The van der Waals surface area contributed by atoms with E-state index in [9.17, 15) is 9.59 Å². The first-order valence-electron chi connectivity index (χ1n) is 6.57. The van der Waals surface area contributed by atoms with Gasteiger partial charge in [0.25, 0.3) is 5.91 Å². The highest BCUT2D eigenvalue weighted by molar-refractivity contribution is 6.00. The number of nitrogens with one attached hydrogen (secondary N) is 2. The van der Waals surface area contributed by atoms with Crippen molar-refractivity contribution in [2.24, 2.45) is 0 Å². The summed E-state index contributed by atoms with van der Waals surface area (Å²) in [5.74, 6) is -0.296. The third kappa shape index (κ3) is 2.27. The first-order chi connectivity index (χ1) is 9.16. The molecular weight excluding hydrogens is 246 g/mol. The van der Waals surface area contributed by atoms with Gasteiger partial charge in [0.05, 0.1) is 11.9 Å². The summed E-state index contributed by atoms with van der Waals surface area (Å²) in [7, 11) is 0. The predicted octanol–water partition coefficient (Wildman–Crippen LogP) is -0.125. The summed E-state index contributed by atoms with van der Waals surface area (Å²) in [6.45, 7) is 0.583. The standard InChI is InChI=1S/C12H17N5O2/c13-8-6-14-16-10(8)12(19)17-5-1-2-9(17)11(18)15-7-3-4-7/h6-7,9H,1-5,13H2,(H,14,16)(H,15,18). The van der Waals surface area contributed by atoms with Gasteiger partial charge in [0, 0.05) is 12.6 Å². The molecule has 2 aliphatic rings. The van der Waals surface area contributed by atoms with E-state index in [0.29, 0.717) is 24.7 Å². The van der Waals surface area contributed by atoms with E-state index in [0.717, 1.165) is 19.3 Å². The first kappa shape index (κ1) is 12.0. The fourth-order valence-corrected chi connectivity index (χ4v) is 2.42. The molecule has 102 valence electrons. The lowest BCUT2D eigenvalue weighted by Gasteiger charge is -2.23. The molecule has 1 aromatic heterocycles. The molecule has 1 aliphatic carbocycles. The van der Waals surface area contributed by atoms with Crippen LogP contribution >= 0.6 is 0 Å². The van der Waals surface area contributed by atoms with Gasteiger partial charge in [0.2, 0.25) is 5.91 Å². The number of nitrogen functional groups attached to an aromatic ring is 1. The van der Waals surface area contributed by atoms with Gasteiger partial charge in [-0.2, -0.15) is 5.10 Å². The molecule has 2 fully saturated rings. The van der Waals surface area contributed by atoms with Gasteiger partial charge in [0.1, 0.15) is 11.7 Å². The van der Waals surface area contributed by atoms with Crippen molar-refractivity contribution in [2.45, 2.75) is 37.8 Å². The molecule has 0 spiro atoms. The Labute approximate surface area is 110 Å². The second-order valence-electron chi connectivity index (χ2n) is 5.14. The average molecular weight is 263 g/mol. The van der Waals surface area contributed by atoms with Crippen molar-refractivity contribution in [3.8, 4) is 0 Å². The zero-order valence-electron chi connectivity index (χ0n) is 10.6. The topological polar surface area (TPSA) is 104 Å². The number of hydrogen-bond donors (Lipinski definition) is 3. The Kier molecular flexibility index (Phi) is 2.88. The molecule has 2 heterocycles. The number of nitrogens with zero attached hydrogens (tertiary/aromatic N) is 2. The molecule has 1 unspecified atom stereocenters. The Hall–Kier alpha value is -2.05. The van der Waals surface area contributed by atoms with Gasteiger partial charge >= 0.3 is 0 Å². The Morgan fingerprint density at radius 2 is 2.21 bits per heavy atom. The highest BCUT2D eigenvalue weighted by Crippen LogP contribution is 2.24. The highest BCUT2D eigenvalue weighted by Gasteiger charge is 2.37.